The van der Waals surface area contributed by atoms with Crippen molar-refractivity contribution < 1.29 is 4.74 Å². The van der Waals surface area contributed by atoms with E-state index in [0.29, 0.717) is 5.41 Å². The Balaban J connectivity index is 2.33. The summed E-state index contributed by atoms with van der Waals surface area (Å²) in [7, 11) is 0. The van der Waals surface area contributed by atoms with Crippen LogP contribution in [0.15, 0.2) is 0 Å². The molecule has 16 heavy (non-hydrogen) atoms. The summed E-state index contributed by atoms with van der Waals surface area (Å²) in [5.41, 5.74) is 0.544. The quantitative estimate of drug-likeness (QED) is 0.642. The number of ether oxygens (including phenoxy) is 1. The van der Waals surface area contributed by atoms with Gasteiger partial charge in [0.05, 0.1) is 0 Å². The van der Waals surface area contributed by atoms with E-state index >= 15 is 0 Å². The summed E-state index contributed by atoms with van der Waals surface area (Å²) in [5, 5.41) is 3.62. The van der Waals surface area contributed by atoms with Gasteiger partial charge in [0, 0.05) is 19.8 Å². The Morgan fingerprint density at radius 2 is 1.81 bits per heavy atom. The highest BCUT2D eigenvalue weighted by atomic mass is 16.5. The van der Waals surface area contributed by atoms with Crippen molar-refractivity contribution >= 4 is 0 Å². The summed E-state index contributed by atoms with van der Waals surface area (Å²) in [5.74, 6) is 0. The minimum atomic E-state index is 0.544. The number of hydrogen-bond acceptors (Lipinski definition) is 2. The molecule has 0 radical (unpaired) electrons. The highest BCUT2D eigenvalue weighted by molar-refractivity contribution is 4.84. The first-order chi connectivity index (χ1) is 7.83. The summed E-state index contributed by atoms with van der Waals surface area (Å²) < 4.78 is 5.51. The van der Waals surface area contributed by atoms with Gasteiger partial charge in [-0.05, 0) is 37.6 Å². The van der Waals surface area contributed by atoms with E-state index in [1.807, 2.05) is 0 Å². The lowest BCUT2D eigenvalue weighted by Gasteiger charge is -2.37. The zero-order chi connectivity index (χ0) is 11.7. The third kappa shape index (κ3) is 4.84. The Labute approximate surface area is 101 Å². The first kappa shape index (κ1) is 14.0. The van der Waals surface area contributed by atoms with Crippen LogP contribution in [0.4, 0.5) is 0 Å². The molecule has 0 atom stereocenters. The number of nitrogens with one attached hydrogen (secondary N) is 1. The predicted molar refractivity (Wildman–Crippen MR) is 69.8 cm³/mol. The van der Waals surface area contributed by atoms with Crippen molar-refractivity contribution in [1.29, 1.82) is 0 Å². The molecule has 0 aromatic rings. The maximum atomic E-state index is 5.51. The third-order valence-electron chi connectivity index (χ3n) is 3.79. The Kier molecular flexibility index (Phi) is 7.06. The number of rotatable bonds is 8. The summed E-state index contributed by atoms with van der Waals surface area (Å²) in [6, 6.07) is 0. The molecule has 2 heteroatoms. The van der Waals surface area contributed by atoms with Crippen molar-refractivity contribution in [3.8, 4) is 0 Å². The molecule has 0 unspecified atom stereocenters. The van der Waals surface area contributed by atoms with Crippen LogP contribution >= 0.6 is 0 Å². The molecule has 0 amide bonds. The predicted octanol–water partition coefficient (Wildman–Crippen LogP) is 3.36. The first-order valence-electron chi connectivity index (χ1n) is 7.11. The van der Waals surface area contributed by atoms with Crippen molar-refractivity contribution in [2.45, 2.75) is 58.8 Å². The van der Waals surface area contributed by atoms with Crippen molar-refractivity contribution in [3.05, 3.63) is 0 Å². The fourth-order valence-electron chi connectivity index (χ4n) is 2.60. The molecule has 96 valence electrons. The van der Waals surface area contributed by atoms with E-state index in [2.05, 4.69) is 19.2 Å². The van der Waals surface area contributed by atoms with E-state index in [1.165, 1.54) is 51.5 Å². The van der Waals surface area contributed by atoms with Gasteiger partial charge in [-0.1, -0.05) is 33.1 Å². The molecule has 1 fully saturated rings. The van der Waals surface area contributed by atoms with E-state index in [0.717, 1.165) is 19.8 Å². The van der Waals surface area contributed by atoms with Crippen molar-refractivity contribution in [1.82, 2.24) is 5.32 Å². The molecule has 0 bridgehead atoms. The smallest absolute Gasteiger partial charge is 0.0471 e. The molecule has 1 rings (SSSR count). The molecule has 1 aliphatic rings. The molecule has 1 heterocycles. The zero-order valence-corrected chi connectivity index (χ0v) is 11.2. The molecule has 0 saturated carbocycles. The molecule has 1 saturated heterocycles. The molecule has 2 nitrogen and oxygen atoms in total. The topological polar surface area (TPSA) is 21.3 Å². The Hall–Kier alpha value is -0.0800. The first-order valence-corrected chi connectivity index (χ1v) is 7.11. The standard InChI is InChI=1S/C14H29NO/c1-3-5-6-7-14(13-15-10-4-2)8-11-16-12-9-14/h15H,3-13H2,1-2H3. The molecule has 0 spiro atoms. The molecule has 0 aromatic carbocycles. The van der Waals surface area contributed by atoms with Crippen molar-refractivity contribution in [2.24, 2.45) is 5.41 Å². The van der Waals surface area contributed by atoms with Gasteiger partial charge in [0.25, 0.3) is 0 Å². The highest BCUT2D eigenvalue weighted by Gasteiger charge is 2.31. The molecular formula is C14H29NO. The fourth-order valence-corrected chi connectivity index (χ4v) is 2.60. The van der Waals surface area contributed by atoms with Gasteiger partial charge in [-0.3, -0.25) is 0 Å². The van der Waals surface area contributed by atoms with Crippen LogP contribution in [0.2, 0.25) is 0 Å². The zero-order valence-electron chi connectivity index (χ0n) is 11.2. The SMILES string of the molecule is CCCCCC1(CNCCC)CCOCC1. The van der Waals surface area contributed by atoms with E-state index in [-0.39, 0.29) is 0 Å². The lowest BCUT2D eigenvalue weighted by atomic mass is 9.76. The molecule has 0 aromatic heterocycles. The monoisotopic (exact) mass is 227 g/mol. The maximum Gasteiger partial charge on any atom is 0.0471 e. The number of hydrogen-bond donors (Lipinski definition) is 1. The average Bonchev–Trinajstić information content (AvgIpc) is 2.31. The Morgan fingerprint density at radius 1 is 1.06 bits per heavy atom. The van der Waals surface area contributed by atoms with Gasteiger partial charge in [0.1, 0.15) is 0 Å². The summed E-state index contributed by atoms with van der Waals surface area (Å²) in [4.78, 5) is 0. The summed E-state index contributed by atoms with van der Waals surface area (Å²) in [6.07, 6.45) is 9.25. The van der Waals surface area contributed by atoms with Crippen LogP contribution in [-0.2, 0) is 4.74 Å². The van der Waals surface area contributed by atoms with Gasteiger partial charge >= 0.3 is 0 Å². The minimum Gasteiger partial charge on any atom is -0.381 e. The highest BCUT2D eigenvalue weighted by Crippen LogP contribution is 2.35. The lowest BCUT2D eigenvalue weighted by molar-refractivity contribution is 0.00928. The summed E-state index contributed by atoms with van der Waals surface area (Å²) >= 11 is 0. The minimum absolute atomic E-state index is 0.544. The van der Waals surface area contributed by atoms with Crippen LogP contribution < -0.4 is 5.32 Å². The second kappa shape index (κ2) is 8.08. The molecule has 1 aliphatic heterocycles. The van der Waals surface area contributed by atoms with Crippen LogP contribution in [-0.4, -0.2) is 26.3 Å². The molecule has 1 N–H and O–H groups in total. The number of unbranched alkanes of at least 4 members (excludes halogenated alkanes) is 2. The summed E-state index contributed by atoms with van der Waals surface area (Å²) in [6.45, 7) is 8.83. The van der Waals surface area contributed by atoms with Crippen LogP contribution in [0.1, 0.15) is 58.8 Å². The van der Waals surface area contributed by atoms with Gasteiger partial charge in [-0.25, -0.2) is 0 Å². The van der Waals surface area contributed by atoms with Gasteiger partial charge in [-0.2, -0.15) is 0 Å². The van der Waals surface area contributed by atoms with Crippen LogP contribution in [0.5, 0.6) is 0 Å². The second-order valence-corrected chi connectivity index (χ2v) is 5.25. The second-order valence-electron chi connectivity index (χ2n) is 5.25. The Bertz CT molecular complexity index is 152. The fraction of sp³-hybridized carbons (Fsp3) is 1.00. The Morgan fingerprint density at radius 3 is 2.44 bits per heavy atom. The maximum absolute atomic E-state index is 5.51. The molecule has 0 aliphatic carbocycles. The van der Waals surface area contributed by atoms with Crippen molar-refractivity contribution in [3.63, 3.8) is 0 Å². The van der Waals surface area contributed by atoms with Crippen LogP contribution in [0.3, 0.4) is 0 Å². The van der Waals surface area contributed by atoms with Crippen molar-refractivity contribution in [2.75, 3.05) is 26.3 Å². The van der Waals surface area contributed by atoms with Crippen LogP contribution in [0.25, 0.3) is 0 Å². The van der Waals surface area contributed by atoms with Gasteiger partial charge in [-0.15, -0.1) is 0 Å². The van der Waals surface area contributed by atoms with E-state index in [4.69, 9.17) is 4.74 Å². The lowest BCUT2D eigenvalue weighted by Crippen LogP contribution is -2.39. The van der Waals surface area contributed by atoms with Gasteiger partial charge in [0.15, 0.2) is 0 Å². The van der Waals surface area contributed by atoms with Crippen LogP contribution in [0, 0.1) is 5.41 Å². The van der Waals surface area contributed by atoms with E-state index in [9.17, 15) is 0 Å². The van der Waals surface area contributed by atoms with Gasteiger partial charge < -0.3 is 10.1 Å². The largest absolute Gasteiger partial charge is 0.381 e. The third-order valence-corrected chi connectivity index (χ3v) is 3.79. The van der Waals surface area contributed by atoms with E-state index < -0.39 is 0 Å². The average molecular weight is 227 g/mol. The van der Waals surface area contributed by atoms with Gasteiger partial charge in [0.2, 0.25) is 0 Å². The molecular weight excluding hydrogens is 198 g/mol. The normalized spacial score (nSPS) is 19.9. The van der Waals surface area contributed by atoms with E-state index in [1.54, 1.807) is 0 Å².